The molecule has 0 bridgehead atoms. The summed E-state index contributed by atoms with van der Waals surface area (Å²) in [6, 6.07) is 5.52. The maximum Gasteiger partial charge on any atom is 0.338 e. The van der Waals surface area contributed by atoms with Crippen LogP contribution in [0.3, 0.4) is 0 Å². The number of hydrogen-bond donors (Lipinski definition) is 1. The number of halogens is 1. The van der Waals surface area contributed by atoms with E-state index in [-0.39, 0.29) is 12.3 Å². The highest BCUT2D eigenvalue weighted by molar-refractivity contribution is 8.16. The van der Waals surface area contributed by atoms with Gasteiger partial charge < -0.3 is 15.0 Å². The smallest absolute Gasteiger partial charge is 0.338 e. The first-order chi connectivity index (χ1) is 14.0. The van der Waals surface area contributed by atoms with Crippen molar-refractivity contribution in [3.05, 3.63) is 58.0 Å². The summed E-state index contributed by atoms with van der Waals surface area (Å²) in [7, 11) is 1.31. The molecule has 6 nitrogen and oxygen atoms in total. The summed E-state index contributed by atoms with van der Waals surface area (Å²) < 4.78 is 19.0. The van der Waals surface area contributed by atoms with E-state index in [0.717, 1.165) is 18.5 Å². The van der Waals surface area contributed by atoms with Gasteiger partial charge in [0.25, 0.3) is 0 Å². The van der Waals surface area contributed by atoms with Crippen LogP contribution in [0.25, 0.3) is 0 Å². The van der Waals surface area contributed by atoms with Crippen LogP contribution in [0.1, 0.15) is 37.8 Å². The number of amides is 1. The van der Waals surface area contributed by atoms with Crippen LogP contribution in [0, 0.1) is 11.7 Å². The molecular formula is C21H22FN3O3S. The Morgan fingerprint density at radius 3 is 2.86 bits per heavy atom. The first kappa shape index (κ1) is 19.7. The van der Waals surface area contributed by atoms with E-state index in [1.165, 1.54) is 31.0 Å². The number of esters is 1. The third-order valence-electron chi connectivity index (χ3n) is 5.20. The van der Waals surface area contributed by atoms with E-state index in [4.69, 9.17) is 4.74 Å². The number of carbonyl (C=O) groups excluding carboxylic acids is 2. The lowest BCUT2D eigenvalue weighted by Crippen LogP contribution is -2.38. The van der Waals surface area contributed by atoms with Gasteiger partial charge in [-0.05, 0) is 48.8 Å². The molecule has 1 unspecified atom stereocenters. The van der Waals surface area contributed by atoms with E-state index < -0.39 is 17.8 Å². The number of carbonyl (C=O) groups is 2. The average Bonchev–Trinajstić information content (AvgIpc) is 3.46. The zero-order chi connectivity index (χ0) is 20.5. The summed E-state index contributed by atoms with van der Waals surface area (Å²) in [5, 5.41) is 5.50. The lowest BCUT2D eigenvalue weighted by atomic mass is 9.94. The second-order valence-corrected chi connectivity index (χ2v) is 8.20. The number of benzene rings is 1. The number of allylic oxidation sites excluding steroid dienone is 1. The standard InChI is InChI=1S/C21H22FN3O3S/c1-12-18(20(27)28-2)19(14-4-3-5-15(22)8-14)25-16(11-29-21(25)24-12)9-17(26)23-10-13-6-7-13/h3-5,8,11,13,19H,6-7,9-10H2,1-2H3,(H,23,26). The molecule has 1 fully saturated rings. The van der Waals surface area contributed by atoms with Crippen LogP contribution in [-0.4, -0.2) is 35.6 Å². The minimum atomic E-state index is -0.608. The molecule has 1 saturated carbocycles. The highest BCUT2D eigenvalue weighted by atomic mass is 32.2. The molecule has 0 aromatic heterocycles. The van der Waals surface area contributed by atoms with Crippen molar-refractivity contribution in [1.82, 2.24) is 10.2 Å². The molecule has 1 N–H and O–H groups in total. The maximum atomic E-state index is 14.0. The Morgan fingerprint density at radius 1 is 1.38 bits per heavy atom. The maximum absolute atomic E-state index is 14.0. The zero-order valence-corrected chi connectivity index (χ0v) is 17.1. The van der Waals surface area contributed by atoms with E-state index in [1.807, 2.05) is 10.3 Å². The molecule has 2 aliphatic heterocycles. The van der Waals surface area contributed by atoms with Gasteiger partial charge in [0.1, 0.15) is 5.82 Å². The molecule has 8 heteroatoms. The quantitative estimate of drug-likeness (QED) is 0.721. The molecule has 3 aliphatic rings. The number of methoxy groups -OCH3 is 1. The molecule has 0 spiro atoms. The van der Waals surface area contributed by atoms with Crippen molar-refractivity contribution in [2.45, 2.75) is 32.2 Å². The number of ether oxygens (including phenoxy) is 1. The molecule has 2 heterocycles. The highest BCUT2D eigenvalue weighted by Gasteiger charge is 2.41. The number of amidine groups is 1. The van der Waals surface area contributed by atoms with Crippen molar-refractivity contribution < 1.29 is 18.7 Å². The Hall–Kier alpha value is -2.61. The largest absolute Gasteiger partial charge is 0.466 e. The molecule has 29 heavy (non-hydrogen) atoms. The Bertz CT molecular complexity index is 952. The fourth-order valence-electron chi connectivity index (χ4n) is 3.54. The minimum absolute atomic E-state index is 0.0751. The molecule has 1 aromatic rings. The summed E-state index contributed by atoms with van der Waals surface area (Å²) >= 11 is 1.39. The van der Waals surface area contributed by atoms with E-state index in [2.05, 4.69) is 10.3 Å². The number of nitrogens with zero attached hydrogens (tertiary/aromatic N) is 2. The van der Waals surface area contributed by atoms with Crippen LogP contribution >= 0.6 is 11.8 Å². The van der Waals surface area contributed by atoms with Gasteiger partial charge in [-0.15, -0.1) is 0 Å². The third kappa shape index (κ3) is 4.07. The molecule has 1 atom stereocenters. The van der Waals surface area contributed by atoms with Gasteiger partial charge >= 0.3 is 5.97 Å². The van der Waals surface area contributed by atoms with E-state index >= 15 is 0 Å². The number of aliphatic imine (C=N–C) groups is 1. The number of fused-ring (bicyclic) bond motifs is 1. The van der Waals surface area contributed by atoms with Crippen LogP contribution in [-0.2, 0) is 14.3 Å². The Kier molecular flexibility index (Phi) is 5.45. The second kappa shape index (κ2) is 8.02. The summed E-state index contributed by atoms with van der Waals surface area (Å²) in [6.45, 7) is 2.43. The monoisotopic (exact) mass is 415 g/mol. The predicted molar refractivity (Wildman–Crippen MR) is 109 cm³/mol. The summed E-state index contributed by atoms with van der Waals surface area (Å²) in [6.07, 6.45) is 2.49. The highest BCUT2D eigenvalue weighted by Crippen LogP contribution is 2.44. The van der Waals surface area contributed by atoms with Crippen LogP contribution in [0.2, 0.25) is 0 Å². The van der Waals surface area contributed by atoms with Crippen LogP contribution in [0.5, 0.6) is 0 Å². The van der Waals surface area contributed by atoms with Gasteiger partial charge in [0.05, 0.1) is 30.8 Å². The first-order valence-electron chi connectivity index (χ1n) is 9.52. The summed E-state index contributed by atoms with van der Waals surface area (Å²) in [5.41, 5.74) is 2.19. The van der Waals surface area contributed by atoms with Crippen molar-refractivity contribution in [2.24, 2.45) is 10.9 Å². The molecule has 0 radical (unpaired) electrons. The van der Waals surface area contributed by atoms with E-state index in [1.54, 1.807) is 19.1 Å². The lowest BCUT2D eigenvalue weighted by Gasteiger charge is -2.36. The number of rotatable bonds is 6. The molecular weight excluding hydrogens is 393 g/mol. The summed E-state index contributed by atoms with van der Waals surface area (Å²) in [4.78, 5) is 31.4. The number of hydrogen-bond acceptors (Lipinski definition) is 6. The SMILES string of the molecule is COC(=O)C1=C(C)N=C2SC=C(CC(=O)NCC3CC3)N2C1c1cccc(F)c1. The lowest BCUT2D eigenvalue weighted by molar-refractivity contribution is -0.136. The molecule has 1 amide bonds. The van der Waals surface area contributed by atoms with Gasteiger partial charge in [0, 0.05) is 12.2 Å². The fourth-order valence-corrected chi connectivity index (χ4v) is 4.50. The van der Waals surface area contributed by atoms with Gasteiger partial charge in [-0.3, -0.25) is 4.79 Å². The van der Waals surface area contributed by atoms with E-state index in [0.29, 0.717) is 34.5 Å². The van der Waals surface area contributed by atoms with Gasteiger partial charge in [-0.2, -0.15) is 0 Å². The Morgan fingerprint density at radius 2 is 2.17 bits per heavy atom. The zero-order valence-electron chi connectivity index (χ0n) is 16.3. The van der Waals surface area contributed by atoms with Crippen molar-refractivity contribution in [2.75, 3.05) is 13.7 Å². The topological polar surface area (TPSA) is 71.0 Å². The predicted octanol–water partition coefficient (Wildman–Crippen LogP) is 3.49. The van der Waals surface area contributed by atoms with Crippen molar-refractivity contribution in [1.29, 1.82) is 0 Å². The Labute approximate surface area is 172 Å². The molecule has 4 rings (SSSR count). The van der Waals surface area contributed by atoms with Crippen LogP contribution < -0.4 is 5.32 Å². The molecule has 0 saturated heterocycles. The number of thioether (sulfide) groups is 1. The van der Waals surface area contributed by atoms with Gasteiger partial charge in [0.2, 0.25) is 5.91 Å². The third-order valence-corrected chi connectivity index (χ3v) is 6.09. The van der Waals surface area contributed by atoms with Crippen molar-refractivity contribution in [3.63, 3.8) is 0 Å². The molecule has 1 aromatic carbocycles. The minimum Gasteiger partial charge on any atom is -0.466 e. The van der Waals surface area contributed by atoms with Crippen molar-refractivity contribution in [3.8, 4) is 0 Å². The normalized spacial score (nSPS) is 20.8. The molecule has 1 aliphatic carbocycles. The second-order valence-electron chi connectivity index (χ2n) is 7.36. The van der Waals surface area contributed by atoms with Gasteiger partial charge in [-0.25, -0.2) is 14.2 Å². The van der Waals surface area contributed by atoms with Crippen LogP contribution in [0.4, 0.5) is 4.39 Å². The van der Waals surface area contributed by atoms with Gasteiger partial charge in [0.15, 0.2) is 5.17 Å². The Balaban J connectivity index is 1.67. The fraction of sp³-hybridized carbons (Fsp3) is 0.381. The number of nitrogens with one attached hydrogen (secondary N) is 1. The molecule has 152 valence electrons. The van der Waals surface area contributed by atoms with Crippen molar-refractivity contribution >= 4 is 28.8 Å². The summed E-state index contributed by atoms with van der Waals surface area (Å²) in [5.74, 6) is -0.398. The van der Waals surface area contributed by atoms with Gasteiger partial charge in [-0.1, -0.05) is 23.9 Å². The average molecular weight is 415 g/mol. The van der Waals surface area contributed by atoms with Crippen LogP contribution in [0.15, 0.2) is 51.6 Å². The first-order valence-corrected chi connectivity index (χ1v) is 10.4. The van der Waals surface area contributed by atoms with E-state index in [9.17, 15) is 14.0 Å².